The summed E-state index contributed by atoms with van der Waals surface area (Å²) < 4.78 is 5.53. The van der Waals surface area contributed by atoms with Gasteiger partial charge in [0.2, 0.25) is 5.91 Å². The van der Waals surface area contributed by atoms with Crippen LogP contribution in [0, 0.1) is 13.8 Å². The zero-order chi connectivity index (χ0) is 19.8. The molecule has 0 aliphatic rings. The lowest BCUT2D eigenvalue weighted by Crippen LogP contribution is -2.43. The highest BCUT2D eigenvalue weighted by Gasteiger charge is 2.10. The molecule has 3 amide bonds. The minimum atomic E-state index is -0.474. The molecule has 0 spiro atoms. The summed E-state index contributed by atoms with van der Waals surface area (Å²) in [5, 5.41) is 2.69. The topological polar surface area (TPSA) is 96.5 Å². The van der Waals surface area contributed by atoms with Gasteiger partial charge in [-0.1, -0.05) is 25.1 Å². The van der Waals surface area contributed by atoms with Crippen LogP contribution in [0.1, 0.15) is 34.8 Å². The van der Waals surface area contributed by atoms with Crippen LogP contribution in [0.2, 0.25) is 0 Å². The molecule has 0 saturated heterocycles. The van der Waals surface area contributed by atoms with Crippen molar-refractivity contribution >= 4 is 23.4 Å². The van der Waals surface area contributed by atoms with E-state index in [2.05, 4.69) is 16.2 Å². The average molecular weight is 369 g/mol. The minimum Gasteiger partial charge on any atom is -0.483 e. The molecule has 0 heterocycles. The SMILES string of the molecule is CCC(=O)Nc1ccc(C(=O)NNC(=O)COc2c(C)cccc2C)cc1. The van der Waals surface area contributed by atoms with Gasteiger partial charge in [0.05, 0.1) is 0 Å². The van der Waals surface area contributed by atoms with Gasteiger partial charge in [0.15, 0.2) is 6.61 Å². The first-order valence-corrected chi connectivity index (χ1v) is 8.58. The maximum Gasteiger partial charge on any atom is 0.276 e. The summed E-state index contributed by atoms with van der Waals surface area (Å²) in [7, 11) is 0. The third-order valence-electron chi connectivity index (χ3n) is 3.82. The van der Waals surface area contributed by atoms with Gasteiger partial charge in [-0.3, -0.25) is 25.2 Å². The summed E-state index contributed by atoms with van der Waals surface area (Å²) in [6.45, 7) is 5.33. The third-order valence-corrected chi connectivity index (χ3v) is 3.82. The number of aryl methyl sites for hydroxylation is 2. The second-order valence-corrected chi connectivity index (χ2v) is 5.99. The zero-order valence-corrected chi connectivity index (χ0v) is 15.6. The number of benzene rings is 2. The van der Waals surface area contributed by atoms with E-state index in [9.17, 15) is 14.4 Å². The number of carbonyl (C=O) groups is 3. The van der Waals surface area contributed by atoms with Gasteiger partial charge >= 0.3 is 0 Å². The highest BCUT2D eigenvalue weighted by molar-refractivity contribution is 5.96. The van der Waals surface area contributed by atoms with E-state index in [4.69, 9.17) is 4.74 Å². The average Bonchev–Trinajstić information content (AvgIpc) is 2.66. The summed E-state index contributed by atoms with van der Waals surface area (Å²) in [6, 6.07) is 12.1. The number of hydrogen-bond acceptors (Lipinski definition) is 4. The highest BCUT2D eigenvalue weighted by Crippen LogP contribution is 2.21. The first-order chi connectivity index (χ1) is 12.9. The Hall–Kier alpha value is -3.35. The minimum absolute atomic E-state index is 0.108. The number of hydrogen-bond donors (Lipinski definition) is 3. The van der Waals surface area contributed by atoms with E-state index in [1.54, 1.807) is 31.2 Å². The maximum atomic E-state index is 12.1. The number of carbonyl (C=O) groups excluding carboxylic acids is 3. The molecule has 27 heavy (non-hydrogen) atoms. The predicted molar refractivity (Wildman–Crippen MR) is 102 cm³/mol. The van der Waals surface area contributed by atoms with Gasteiger partial charge < -0.3 is 10.1 Å². The molecule has 0 saturated carbocycles. The molecule has 0 aromatic heterocycles. The second kappa shape index (κ2) is 9.38. The molecule has 2 aromatic carbocycles. The maximum absolute atomic E-state index is 12.1. The van der Waals surface area contributed by atoms with Crippen molar-refractivity contribution in [3.8, 4) is 5.75 Å². The van der Waals surface area contributed by atoms with Crippen molar-refractivity contribution in [3.05, 3.63) is 59.2 Å². The van der Waals surface area contributed by atoms with E-state index < -0.39 is 11.8 Å². The summed E-state index contributed by atoms with van der Waals surface area (Å²) >= 11 is 0. The first-order valence-electron chi connectivity index (χ1n) is 8.58. The van der Waals surface area contributed by atoms with Gasteiger partial charge in [0.25, 0.3) is 11.8 Å². The Morgan fingerprint density at radius 2 is 1.52 bits per heavy atom. The Labute approximate surface area is 158 Å². The molecule has 142 valence electrons. The lowest BCUT2D eigenvalue weighted by atomic mass is 10.1. The fourth-order valence-electron chi connectivity index (χ4n) is 2.35. The second-order valence-electron chi connectivity index (χ2n) is 5.99. The van der Waals surface area contributed by atoms with Crippen LogP contribution in [-0.2, 0) is 9.59 Å². The Bertz CT molecular complexity index is 811. The van der Waals surface area contributed by atoms with Gasteiger partial charge in [0.1, 0.15) is 5.75 Å². The highest BCUT2D eigenvalue weighted by atomic mass is 16.5. The molecule has 2 rings (SSSR count). The van der Waals surface area contributed by atoms with E-state index in [0.717, 1.165) is 11.1 Å². The molecule has 0 atom stereocenters. The number of rotatable bonds is 6. The van der Waals surface area contributed by atoms with Crippen molar-refractivity contribution in [3.63, 3.8) is 0 Å². The standard InChI is InChI=1S/C20H23N3O4/c1-4-17(24)21-16-10-8-15(9-11-16)20(26)23-22-18(25)12-27-19-13(2)6-5-7-14(19)3/h5-11H,4,12H2,1-3H3,(H,21,24)(H,22,25)(H,23,26). The van der Waals surface area contributed by atoms with Gasteiger partial charge in [-0.2, -0.15) is 0 Å². The number of hydrazine groups is 1. The molecule has 2 aromatic rings. The largest absolute Gasteiger partial charge is 0.483 e. The fraction of sp³-hybridized carbons (Fsp3) is 0.250. The van der Waals surface area contributed by atoms with Gasteiger partial charge in [-0.25, -0.2) is 0 Å². The van der Waals surface area contributed by atoms with Gasteiger partial charge in [-0.15, -0.1) is 0 Å². The number of nitrogens with one attached hydrogen (secondary N) is 3. The van der Waals surface area contributed by atoms with Crippen LogP contribution in [0.4, 0.5) is 5.69 Å². The van der Waals surface area contributed by atoms with Crippen LogP contribution in [0.25, 0.3) is 0 Å². The normalized spacial score (nSPS) is 10.0. The Morgan fingerprint density at radius 1 is 0.889 bits per heavy atom. The Balaban J connectivity index is 1.82. The quantitative estimate of drug-likeness (QED) is 0.682. The molecular weight excluding hydrogens is 346 g/mol. The number of ether oxygens (including phenoxy) is 1. The molecule has 7 nitrogen and oxygen atoms in total. The molecular formula is C20H23N3O4. The smallest absolute Gasteiger partial charge is 0.276 e. The number of amides is 3. The van der Waals surface area contributed by atoms with E-state index in [-0.39, 0.29) is 12.5 Å². The molecule has 0 unspecified atom stereocenters. The van der Waals surface area contributed by atoms with Gasteiger partial charge in [0, 0.05) is 17.7 Å². The van der Waals surface area contributed by atoms with Crippen molar-refractivity contribution in [1.29, 1.82) is 0 Å². The van der Waals surface area contributed by atoms with Crippen LogP contribution in [-0.4, -0.2) is 24.3 Å². The van der Waals surface area contributed by atoms with E-state index >= 15 is 0 Å². The van der Waals surface area contributed by atoms with Crippen molar-refractivity contribution in [2.45, 2.75) is 27.2 Å². The predicted octanol–water partition coefficient (Wildman–Crippen LogP) is 2.49. The van der Waals surface area contributed by atoms with Crippen LogP contribution >= 0.6 is 0 Å². The monoisotopic (exact) mass is 369 g/mol. The molecule has 0 aliphatic heterocycles. The van der Waals surface area contributed by atoms with Crippen LogP contribution in [0.15, 0.2) is 42.5 Å². The molecule has 0 bridgehead atoms. The van der Waals surface area contributed by atoms with Crippen LogP contribution < -0.4 is 20.9 Å². The van der Waals surface area contributed by atoms with Crippen LogP contribution in [0.5, 0.6) is 5.75 Å². The Kier molecular flexibility index (Phi) is 6.93. The summed E-state index contributed by atoms with van der Waals surface area (Å²) in [4.78, 5) is 35.3. The zero-order valence-electron chi connectivity index (χ0n) is 15.6. The molecule has 0 fully saturated rings. The summed E-state index contributed by atoms with van der Waals surface area (Å²) in [5.74, 6) is -0.395. The fourth-order valence-corrected chi connectivity index (χ4v) is 2.35. The Morgan fingerprint density at radius 3 is 2.11 bits per heavy atom. The summed E-state index contributed by atoms with van der Waals surface area (Å²) in [5.41, 5.74) is 7.46. The lowest BCUT2D eigenvalue weighted by molar-refractivity contribution is -0.123. The first kappa shape index (κ1) is 20.0. The number of anilines is 1. The van der Waals surface area contributed by atoms with Crippen molar-refractivity contribution < 1.29 is 19.1 Å². The van der Waals surface area contributed by atoms with Crippen molar-refractivity contribution in [1.82, 2.24) is 10.9 Å². The van der Waals surface area contributed by atoms with Crippen LogP contribution in [0.3, 0.4) is 0 Å². The van der Waals surface area contributed by atoms with Crippen molar-refractivity contribution in [2.24, 2.45) is 0 Å². The van der Waals surface area contributed by atoms with Crippen molar-refractivity contribution in [2.75, 3.05) is 11.9 Å². The van der Waals surface area contributed by atoms with E-state index in [0.29, 0.717) is 23.4 Å². The molecule has 0 radical (unpaired) electrons. The molecule has 7 heteroatoms. The summed E-state index contributed by atoms with van der Waals surface area (Å²) in [6.07, 6.45) is 0.373. The lowest BCUT2D eigenvalue weighted by Gasteiger charge is -2.12. The van der Waals surface area contributed by atoms with E-state index in [1.165, 1.54) is 0 Å². The van der Waals surface area contributed by atoms with Gasteiger partial charge in [-0.05, 0) is 49.2 Å². The van der Waals surface area contributed by atoms with E-state index in [1.807, 2.05) is 32.0 Å². The third kappa shape index (κ3) is 5.85. The number of para-hydroxylation sites is 1. The molecule has 3 N–H and O–H groups in total. The molecule has 0 aliphatic carbocycles.